The second-order valence-electron chi connectivity index (χ2n) is 5.63. The molecule has 0 aromatic heterocycles. The molecule has 104 valence electrons. The maximum Gasteiger partial charge on any atom is 0.253 e. The molecule has 0 bridgehead atoms. The average Bonchev–Trinajstić information content (AvgIpc) is 3.16. The lowest BCUT2D eigenvalue weighted by Crippen LogP contribution is -2.31. The van der Waals surface area contributed by atoms with Gasteiger partial charge in [0.1, 0.15) is 0 Å². The second-order valence-corrected chi connectivity index (χ2v) is 5.63. The van der Waals surface area contributed by atoms with Crippen molar-refractivity contribution in [2.24, 2.45) is 11.3 Å². The number of anilines is 1. The molecule has 4 N–H and O–H groups in total. The van der Waals surface area contributed by atoms with E-state index in [1.165, 1.54) is 25.7 Å². The van der Waals surface area contributed by atoms with Gasteiger partial charge in [0.2, 0.25) is 0 Å². The number of carbonyl (C=O) groups excluding carboxylic acids is 1. The molecule has 0 atom stereocenters. The molecule has 1 fully saturated rings. The molecule has 0 spiro atoms. The number of carbonyl (C=O) groups is 1. The number of hydrazine groups is 1. The third-order valence-electron chi connectivity index (χ3n) is 3.94. The Bertz CT molecular complexity index is 466. The Morgan fingerprint density at radius 3 is 2.74 bits per heavy atom. The van der Waals surface area contributed by atoms with Crippen molar-refractivity contribution in [3.63, 3.8) is 0 Å². The summed E-state index contributed by atoms with van der Waals surface area (Å²) < 4.78 is 0. The minimum absolute atomic E-state index is 0.0460. The first-order chi connectivity index (χ1) is 9.10. The molecule has 2 rings (SSSR count). The Balaban J connectivity index is 2.00. The first-order valence-electron chi connectivity index (χ1n) is 6.96. The van der Waals surface area contributed by atoms with Crippen LogP contribution in [-0.4, -0.2) is 12.5 Å². The fourth-order valence-corrected chi connectivity index (χ4v) is 2.56. The van der Waals surface area contributed by atoms with Crippen LogP contribution in [0.15, 0.2) is 18.2 Å². The summed E-state index contributed by atoms with van der Waals surface area (Å²) in [5.41, 5.74) is 5.33. The Labute approximate surface area is 114 Å². The fourth-order valence-electron chi connectivity index (χ4n) is 2.56. The number of benzene rings is 1. The quantitative estimate of drug-likeness (QED) is 0.544. The van der Waals surface area contributed by atoms with Crippen LogP contribution in [0.3, 0.4) is 0 Å². The van der Waals surface area contributed by atoms with Crippen molar-refractivity contribution >= 4 is 11.6 Å². The Kier molecular flexibility index (Phi) is 4.10. The number of aryl methyl sites for hydroxylation is 1. The van der Waals surface area contributed by atoms with Gasteiger partial charge in [-0.15, -0.1) is 0 Å². The van der Waals surface area contributed by atoms with E-state index in [4.69, 9.17) is 5.84 Å². The fraction of sp³-hybridized carbons (Fsp3) is 0.533. The van der Waals surface area contributed by atoms with Crippen molar-refractivity contribution < 1.29 is 4.79 Å². The van der Waals surface area contributed by atoms with Gasteiger partial charge >= 0.3 is 0 Å². The highest BCUT2D eigenvalue weighted by Crippen LogP contribution is 2.48. The van der Waals surface area contributed by atoms with Gasteiger partial charge in [0.25, 0.3) is 5.91 Å². The van der Waals surface area contributed by atoms with Crippen LogP contribution in [0.4, 0.5) is 5.69 Å². The van der Waals surface area contributed by atoms with Gasteiger partial charge in [-0.3, -0.25) is 10.6 Å². The van der Waals surface area contributed by atoms with Crippen molar-refractivity contribution in [3.05, 3.63) is 29.3 Å². The van der Waals surface area contributed by atoms with Gasteiger partial charge in [-0.05, 0) is 49.3 Å². The standard InChI is InChI=1S/C15H23N3O/c1-3-6-15(7-8-15)10-17-14(19)12-5-4-11(2)9-13(12)18-16/h4-5,9,18H,3,6-8,10,16H2,1-2H3,(H,17,19). The zero-order valence-corrected chi connectivity index (χ0v) is 11.8. The lowest BCUT2D eigenvalue weighted by atomic mass is 10.0. The van der Waals surface area contributed by atoms with Crippen LogP contribution < -0.4 is 16.6 Å². The van der Waals surface area contributed by atoms with Gasteiger partial charge in [-0.1, -0.05) is 19.4 Å². The maximum atomic E-state index is 12.2. The van der Waals surface area contributed by atoms with E-state index in [0.717, 1.165) is 12.1 Å². The molecule has 1 aliphatic carbocycles. The van der Waals surface area contributed by atoms with Crippen molar-refractivity contribution in [3.8, 4) is 0 Å². The van der Waals surface area contributed by atoms with Gasteiger partial charge in [-0.25, -0.2) is 0 Å². The number of hydrogen-bond donors (Lipinski definition) is 3. The molecule has 0 unspecified atom stereocenters. The van der Waals surface area contributed by atoms with Gasteiger partial charge < -0.3 is 10.7 Å². The van der Waals surface area contributed by atoms with Crippen LogP contribution in [-0.2, 0) is 0 Å². The van der Waals surface area contributed by atoms with Crippen LogP contribution in [0.25, 0.3) is 0 Å². The van der Waals surface area contributed by atoms with E-state index in [2.05, 4.69) is 17.7 Å². The van der Waals surface area contributed by atoms with Crippen LogP contribution in [0.2, 0.25) is 0 Å². The van der Waals surface area contributed by atoms with Crippen molar-refractivity contribution in [1.82, 2.24) is 5.32 Å². The summed E-state index contributed by atoms with van der Waals surface area (Å²) in [6.45, 7) is 4.94. The zero-order valence-electron chi connectivity index (χ0n) is 11.8. The lowest BCUT2D eigenvalue weighted by Gasteiger charge is -2.16. The first-order valence-corrected chi connectivity index (χ1v) is 6.96. The molecule has 0 saturated heterocycles. The topological polar surface area (TPSA) is 67.2 Å². The summed E-state index contributed by atoms with van der Waals surface area (Å²) in [6.07, 6.45) is 4.84. The predicted octanol–water partition coefficient (Wildman–Crippen LogP) is 2.59. The zero-order chi connectivity index (χ0) is 13.9. The van der Waals surface area contributed by atoms with Crippen molar-refractivity contribution in [2.45, 2.75) is 39.5 Å². The van der Waals surface area contributed by atoms with Crippen LogP contribution in [0.5, 0.6) is 0 Å². The smallest absolute Gasteiger partial charge is 0.253 e. The highest BCUT2D eigenvalue weighted by Gasteiger charge is 2.41. The van der Waals surface area contributed by atoms with E-state index in [1.807, 2.05) is 25.1 Å². The number of nitrogens with two attached hydrogens (primary N) is 1. The first kappa shape index (κ1) is 13.9. The van der Waals surface area contributed by atoms with E-state index in [0.29, 0.717) is 16.7 Å². The molecule has 1 aromatic carbocycles. The molecular formula is C15H23N3O. The summed E-state index contributed by atoms with van der Waals surface area (Å²) in [5, 5.41) is 3.05. The van der Waals surface area contributed by atoms with E-state index >= 15 is 0 Å². The van der Waals surface area contributed by atoms with Gasteiger partial charge in [0, 0.05) is 6.54 Å². The highest BCUT2D eigenvalue weighted by molar-refractivity contribution is 5.99. The predicted molar refractivity (Wildman–Crippen MR) is 77.9 cm³/mol. The Morgan fingerprint density at radius 1 is 1.42 bits per heavy atom. The minimum Gasteiger partial charge on any atom is -0.351 e. The third-order valence-corrected chi connectivity index (χ3v) is 3.94. The van der Waals surface area contributed by atoms with E-state index in [-0.39, 0.29) is 5.91 Å². The molecule has 0 aliphatic heterocycles. The van der Waals surface area contributed by atoms with Crippen LogP contribution in [0, 0.1) is 12.3 Å². The van der Waals surface area contributed by atoms with Crippen LogP contribution in [0.1, 0.15) is 48.5 Å². The number of nitrogens with one attached hydrogen (secondary N) is 2. The Hall–Kier alpha value is -1.55. The normalized spacial score (nSPS) is 15.9. The maximum absolute atomic E-state index is 12.2. The molecular weight excluding hydrogens is 238 g/mol. The number of nitrogen functional groups attached to an aromatic ring is 1. The molecule has 1 amide bonds. The van der Waals surface area contributed by atoms with Gasteiger partial charge in [0.05, 0.1) is 11.3 Å². The monoisotopic (exact) mass is 261 g/mol. The summed E-state index contributed by atoms with van der Waals surface area (Å²) in [6, 6.07) is 5.63. The highest BCUT2D eigenvalue weighted by atomic mass is 16.1. The molecule has 1 aromatic rings. The SMILES string of the molecule is CCCC1(CNC(=O)c2ccc(C)cc2NN)CC1. The summed E-state index contributed by atoms with van der Waals surface area (Å²) in [5.74, 6) is 5.42. The molecule has 1 aliphatic rings. The molecule has 0 radical (unpaired) electrons. The van der Waals surface area contributed by atoms with Gasteiger partial charge in [-0.2, -0.15) is 0 Å². The minimum atomic E-state index is -0.0460. The van der Waals surface area contributed by atoms with Crippen molar-refractivity contribution in [2.75, 3.05) is 12.0 Å². The number of rotatable bonds is 6. The molecule has 19 heavy (non-hydrogen) atoms. The molecule has 4 heteroatoms. The van der Waals surface area contributed by atoms with E-state index in [9.17, 15) is 4.79 Å². The summed E-state index contributed by atoms with van der Waals surface area (Å²) >= 11 is 0. The Morgan fingerprint density at radius 2 is 2.16 bits per heavy atom. The number of hydrogen-bond acceptors (Lipinski definition) is 3. The van der Waals surface area contributed by atoms with Crippen molar-refractivity contribution in [1.29, 1.82) is 0 Å². The number of amides is 1. The molecule has 1 saturated carbocycles. The van der Waals surface area contributed by atoms with Crippen LogP contribution >= 0.6 is 0 Å². The molecule has 4 nitrogen and oxygen atoms in total. The second kappa shape index (κ2) is 5.61. The lowest BCUT2D eigenvalue weighted by molar-refractivity contribution is 0.0944. The average molecular weight is 261 g/mol. The van der Waals surface area contributed by atoms with Gasteiger partial charge in [0.15, 0.2) is 0 Å². The van der Waals surface area contributed by atoms with E-state index in [1.54, 1.807) is 0 Å². The van der Waals surface area contributed by atoms with E-state index < -0.39 is 0 Å². The summed E-state index contributed by atoms with van der Waals surface area (Å²) in [7, 11) is 0. The third kappa shape index (κ3) is 3.26. The molecule has 0 heterocycles. The largest absolute Gasteiger partial charge is 0.351 e. The summed E-state index contributed by atoms with van der Waals surface area (Å²) in [4.78, 5) is 12.2.